The summed E-state index contributed by atoms with van der Waals surface area (Å²) in [6, 6.07) is 12.3. The summed E-state index contributed by atoms with van der Waals surface area (Å²) in [6.07, 6.45) is 0. The molecular formula is C16H14O8. The zero-order valence-corrected chi connectivity index (χ0v) is 12.9. The molecule has 0 N–H and O–H groups in total. The van der Waals surface area contributed by atoms with E-state index in [1.165, 1.54) is 38.5 Å². The average Bonchev–Trinajstić information content (AvgIpc) is 2.64. The maximum absolute atomic E-state index is 11.4. The lowest BCUT2D eigenvalue weighted by Crippen LogP contribution is -2.23. The van der Waals surface area contributed by atoms with E-state index in [0.717, 1.165) is 0 Å². The molecule has 0 amide bonds. The molecule has 2 rings (SSSR count). The van der Waals surface area contributed by atoms with Gasteiger partial charge in [0.25, 0.3) is 0 Å². The van der Waals surface area contributed by atoms with E-state index in [0.29, 0.717) is 11.5 Å². The van der Waals surface area contributed by atoms with Crippen LogP contribution in [0, 0.1) is 0 Å². The van der Waals surface area contributed by atoms with Crippen molar-refractivity contribution in [3.05, 3.63) is 48.5 Å². The highest BCUT2D eigenvalue weighted by molar-refractivity contribution is 6.29. The van der Waals surface area contributed by atoms with E-state index >= 15 is 0 Å². The van der Waals surface area contributed by atoms with Gasteiger partial charge in [0.2, 0.25) is 0 Å². The van der Waals surface area contributed by atoms with Crippen LogP contribution in [0.15, 0.2) is 48.5 Å². The quantitative estimate of drug-likeness (QED) is 0.451. The van der Waals surface area contributed by atoms with Crippen molar-refractivity contribution in [1.29, 1.82) is 0 Å². The van der Waals surface area contributed by atoms with Crippen LogP contribution in [0.1, 0.15) is 0 Å². The maximum Gasteiger partial charge on any atom is 0.467 e. The van der Waals surface area contributed by atoms with Gasteiger partial charge in [0, 0.05) is 0 Å². The molecule has 0 aromatic heterocycles. The zero-order chi connectivity index (χ0) is 17.4. The van der Waals surface area contributed by atoms with E-state index in [9.17, 15) is 9.59 Å². The maximum atomic E-state index is 11.4. The fourth-order valence-corrected chi connectivity index (χ4v) is 1.50. The van der Waals surface area contributed by atoms with Crippen molar-refractivity contribution in [3.63, 3.8) is 0 Å². The molecule has 0 saturated heterocycles. The van der Waals surface area contributed by atoms with E-state index in [2.05, 4.69) is 9.78 Å². The van der Waals surface area contributed by atoms with Gasteiger partial charge in [-0.05, 0) is 48.5 Å². The molecule has 126 valence electrons. The molecule has 2 aromatic carbocycles. The summed E-state index contributed by atoms with van der Waals surface area (Å²) < 4.78 is 9.92. The van der Waals surface area contributed by atoms with Crippen molar-refractivity contribution in [3.8, 4) is 23.0 Å². The smallest absolute Gasteiger partial charge is 0.467 e. The first-order valence-electron chi connectivity index (χ1n) is 6.68. The molecule has 0 bridgehead atoms. The highest BCUT2D eigenvalue weighted by Gasteiger charge is 2.22. The van der Waals surface area contributed by atoms with Gasteiger partial charge in [-0.3, -0.25) is 9.78 Å². The van der Waals surface area contributed by atoms with Gasteiger partial charge in [-0.15, -0.1) is 0 Å². The van der Waals surface area contributed by atoms with Crippen LogP contribution in [0.25, 0.3) is 0 Å². The predicted molar refractivity (Wildman–Crippen MR) is 79.4 cm³/mol. The SMILES string of the molecule is COc1ccc(OOC(=O)C(=O)OOc2ccc(OC)cc2)cc1. The van der Waals surface area contributed by atoms with E-state index in [1.807, 2.05) is 0 Å². The summed E-state index contributed by atoms with van der Waals surface area (Å²) in [5.41, 5.74) is 0. The first kappa shape index (κ1) is 16.9. The third-order valence-corrected chi connectivity index (χ3v) is 2.71. The third-order valence-electron chi connectivity index (χ3n) is 2.71. The Balaban J connectivity index is 1.77. The van der Waals surface area contributed by atoms with Gasteiger partial charge in [-0.25, -0.2) is 19.4 Å². The molecule has 0 atom stereocenters. The predicted octanol–water partition coefficient (Wildman–Crippen LogP) is 2.08. The van der Waals surface area contributed by atoms with Crippen molar-refractivity contribution in [1.82, 2.24) is 0 Å². The molecule has 0 saturated carbocycles. The van der Waals surface area contributed by atoms with E-state index in [-0.39, 0.29) is 11.5 Å². The number of rotatable bonds is 6. The van der Waals surface area contributed by atoms with Gasteiger partial charge in [-0.2, -0.15) is 0 Å². The minimum absolute atomic E-state index is 0.202. The Morgan fingerprint density at radius 3 is 1.17 bits per heavy atom. The number of hydrogen-bond acceptors (Lipinski definition) is 8. The number of methoxy groups -OCH3 is 2. The third kappa shape index (κ3) is 4.80. The molecule has 0 heterocycles. The molecule has 2 aromatic rings. The summed E-state index contributed by atoms with van der Waals surface area (Å²) in [5, 5.41) is 0. The van der Waals surface area contributed by atoms with Gasteiger partial charge in [0.05, 0.1) is 14.2 Å². The van der Waals surface area contributed by atoms with Crippen LogP contribution >= 0.6 is 0 Å². The first-order chi connectivity index (χ1) is 11.6. The van der Waals surface area contributed by atoms with Crippen LogP contribution in [0.2, 0.25) is 0 Å². The molecule has 0 unspecified atom stereocenters. The number of carbonyl (C=O) groups excluding carboxylic acids is 2. The van der Waals surface area contributed by atoms with Crippen LogP contribution < -0.4 is 19.2 Å². The topological polar surface area (TPSA) is 89.5 Å². The fourth-order valence-electron chi connectivity index (χ4n) is 1.50. The zero-order valence-electron chi connectivity index (χ0n) is 12.9. The molecule has 0 spiro atoms. The summed E-state index contributed by atoms with van der Waals surface area (Å²) in [4.78, 5) is 40.9. The normalized spacial score (nSPS) is 9.58. The Labute approximate surface area is 137 Å². The Kier molecular flexibility index (Phi) is 5.84. The number of hydrogen-bond donors (Lipinski definition) is 0. The highest BCUT2D eigenvalue weighted by atomic mass is 17.2. The monoisotopic (exact) mass is 334 g/mol. The molecule has 0 fully saturated rings. The minimum atomic E-state index is -1.38. The summed E-state index contributed by atoms with van der Waals surface area (Å²) >= 11 is 0. The van der Waals surface area contributed by atoms with Gasteiger partial charge in [0.1, 0.15) is 11.5 Å². The van der Waals surface area contributed by atoms with Crippen molar-refractivity contribution in [2.24, 2.45) is 0 Å². The van der Waals surface area contributed by atoms with E-state index in [1.54, 1.807) is 24.3 Å². The van der Waals surface area contributed by atoms with Crippen molar-refractivity contribution in [2.45, 2.75) is 0 Å². The molecule has 8 heteroatoms. The minimum Gasteiger partial charge on any atom is -0.497 e. The van der Waals surface area contributed by atoms with Gasteiger partial charge in [0.15, 0.2) is 11.5 Å². The van der Waals surface area contributed by atoms with Gasteiger partial charge in [-0.1, -0.05) is 0 Å². The Bertz CT molecular complexity index is 617. The van der Waals surface area contributed by atoms with Crippen molar-refractivity contribution < 1.29 is 38.6 Å². The fraction of sp³-hybridized carbons (Fsp3) is 0.125. The van der Waals surface area contributed by atoms with E-state index < -0.39 is 11.9 Å². The van der Waals surface area contributed by atoms with Crippen LogP contribution in [0.3, 0.4) is 0 Å². The van der Waals surface area contributed by atoms with Crippen LogP contribution in [-0.2, 0) is 19.4 Å². The summed E-state index contributed by atoms with van der Waals surface area (Å²) in [7, 11) is 3.02. The van der Waals surface area contributed by atoms with Crippen LogP contribution in [-0.4, -0.2) is 26.2 Å². The summed E-state index contributed by atoms with van der Waals surface area (Å²) in [5.74, 6) is -1.15. The molecule has 24 heavy (non-hydrogen) atoms. The number of benzene rings is 2. The molecule has 0 aliphatic rings. The van der Waals surface area contributed by atoms with Crippen LogP contribution in [0.5, 0.6) is 23.0 Å². The molecular weight excluding hydrogens is 320 g/mol. The molecule has 0 radical (unpaired) electrons. The lowest BCUT2D eigenvalue weighted by molar-refractivity contribution is -0.241. The highest BCUT2D eigenvalue weighted by Crippen LogP contribution is 2.18. The number of ether oxygens (including phenoxy) is 2. The van der Waals surface area contributed by atoms with Crippen molar-refractivity contribution in [2.75, 3.05) is 14.2 Å². The average molecular weight is 334 g/mol. The summed E-state index contributed by atoms with van der Waals surface area (Å²) in [6.45, 7) is 0. The van der Waals surface area contributed by atoms with Gasteiger partial charge >= 0.3 is 11.9 Å². The second-order valence-corrected chi connectivity index (χ2v) is 4.26. The second kappa shape index (κ2) is 8.28. The lowest BCUT2D eigenvalue weighted by atomic mass is 10.3. The Morgan fingerprint density at radius 2 is 0.875 bits per heavy atom. The van der Waals surface area contributed by atoms with Crippen LogP contribution in [0.4, 0.5) is 0 Å². The van der Waals surface area contributed by atoms with Gasteiger partial charge < -0.3 is 9.47 Å². The first-order valence-corrected chi connectivity index (χ1v) is 6.68. The standard InChI is InChI=1S/C16H14O8/c1-19-11-3-7-13(8-4-11)21-23-15(17)16(18)24-22-14-9-5-12(20-2)6-10-14/h3-10H,1-2H3. The Morgan fingerprint density at radius 1 is 0.583 bits per heavy atom. The molecule has 0 aliphatic carbocycles. The largest absolute Gasteiger partial charge is 0.497 e. The van der Waals surface area contributed by atoms with E-state index in [4.69, 9.17) is 19.2 Å². The Hall–Kier alpha value is -3.42. The van der Waals surface area contributed by atoms with Crippen molar-refractivity contribution >= 4 is 11.9 Å². The number of carbonyl (C=O) groups is 2. The second-order valence-electron chi connectivity index (χ2n) is 4.26. The lowest BCUT2D eigenvalue weighted by Gasteiger charge is -2.06. The molecule has 0 aliphatic heterocycles. The molecule has 8 nitrogen and oxygen atoms in total.